The fourth-order valence-electron chi connectivity index (χ4n) is 2.72. The molecule has 2 aromatic rings. The number of halogens is 2. The first-order valence-electron chi connectivity index (χ1n) is 8.27. The van der Waals surface area contributed by atoms with E-state index in [9.17, 15) is 9.59 Å². The van der Waals surface area contributed by atoms with Crippen molar-refractivity contribution in [1.82, 2.24) is 0 Å². The second-order valence-electron chi connectivity index (χ2n) is 6.02. The normalized spacial score (nSPS) is 15.0. The van der Waals surface area contributed by atoms with Crippen LogP contribution < -0.4 is 15.0 Å². The molecule has 1 fully saturated rings. The number of nitrogens with one attached hydrogen (secondary N) is 1. The molecule has 2 amide bonds. The molecule has 2 aromatic carbocycles. The summed E-state index contributed by atoms with van der Waals surface area (Å²) in [4.78, 5) is 26.0. The van der Waals surface area contributed by atoms with Gasteiger partial charge in [0, 0.05) is 30.4 Å². The monoisotopic (exact) mass is 392 g/mol. The van der Waals surface area contributed by atoms with Gasteiger partial charge in [-0.1, -0.05) is 29.3 Å². The largest absolute Gasteiger partial charge is 0.481 e. The Labute approximate surface area is 161 Å². The van der Waals surface area contributed by atoms with Gasteiger partial charge in [-0.05, 0) is 43.7 Å². The molecule has 0 bridgehead atoms. The summed E-state index contributed by atoms with van der Waals surface area (Å²) in [6, 6.07) is 12.0. The standard InChI is InChI=1S/C19H18Cl2N2O3/c1-12(26-15-7-8-16(20)17(21)11-15)19(25)22-13-4-2-5-14(10-13)23-9-3-6-18(23)24/h2,4-5,7-8,10-12H,3,6,9H2,1H3,(H,22,25). The molecule has 1 atom stereocenters. The van der Waals surface area contributed by atoms with E-state index in [1.54, 1.807) is 48.2 Å². The predicted octanol–water partition coefficient (Wildman–Crippen LogP) is 4.53. The number of hydrogen-bond donors (Lipinski definition) is 1. The Morgan fingerprint density at radius 2 is 2.00 bits per heavy atom. The maximum absolute atomic E-state index is 12.4. The number of carbonyl (C=O) groups excluding carboxylic acids is 2. The minimum atomic E-state index is -0.732. The third-order valence-electron chi connectivity index (χ3n) is 4.07. The van der Waals surface area contributed by atoms with Crippen molar-refractivity contribution in [3.8, 4) is 5.75 Å². The lowest BCUT2D eigenvalue weighted by atomic mass is 10.2. The zero-order valence-electron chi connectivity index (χ0n) is 14.2. The predicted molar refractivity (Wildman–Crippen MR) is 103 cm³/mol. The van der Waals surface area contributed by atoms with E-state index in [-0.39, 0.29) is 11.8 Å². The van der Waals surface area contributed by atoms with Gasteiger partial charge >= 0.3 is 0 Å². The van der Waals surface area contributed by atoms with Crippen molar-refractivity contribution in [2.24, 2.45) is 0 Å². The molecular formula is C19H18Cl2N2O3. The molecule has 1 heterocycles. The molecule has 1 aliphatic heterocycles. The van der Waals surface area contributed by atoms with E-state index in [1.807, 2.05) is 6.07 Å². The molecule has 0 radical (unpaired) electrons. The van der Waals surface area contributed by atoms with Crippen LogP contribution in [-0.4, -0.2) is 24.5 Å². The molecule has 1 aliphatic rings. The summed E-state index contributed by atoms with van der Waals surface area (Å²) < 4.78 is 5.61. The molecule has 5 nitrogen and oxygen atoms in total. The highest BCUT2D eigenvalue weighted by molar-refractivity contribution is 6.42. The van der Waals surface area contributed by atoms with Crippen molar-refractivity contribution in [3.63, 3.8) is 0 Å². The van der Waals surface area contributed by atoms with Crippen LogP contribution in [0.25, 0.3) is 0 Å². The molecule has 7 heteroatoms. The van der Waals surface area contributed by atoms with Crippen molar-refractivity contribution in [2.75, 3.05) is 16.8 Å². The van der Waals surface area contributed by atoms with E-state index in [0.717, 1.165) is 12.1 Å². The van der Waals surface area contributed by atoms with Crippen LogP contribution in [0.4, 0.5) is 11.4 Å². The van der Waals surface area contributed by atoms with Crippen LogP contribution in [-0.2, 0) is 9.59 Å². The number of ether oxygens (including phenoxy) is 1. The lowest BCUT2D eigenvalue weighted by Crippen LogP contribution is -2.30. The van der Waals surface area contributed by atoms with Gasteiger partial charge in [-0.15, -0.1) is 0 Å². The van der Waals surface area contributed by atoms with Crippen molar-refractivity contribution in [1.29, 1.82) is 0 Å². The molecule has 0 spiro atoms. The zero-order valence-corrected chi connectivity index (χ0v) is 15.7. The number of hydrogen-bond acceptors (Lipinski definition) is 3. The minimum Gasteiger partial charge on any atom is -0.481 e. The summed E-state index contributed by atoms with van der Waals surface area (Å²) in [7, 11) is 0. The molecule has 0 aliphatic carbocycles. The van der Waals surface area contributed by atoms with Crippen molar-refractivity contribution < 1.29 is 14.3 Å². The van der Waals surface area contributed by atoms with Gasteiger partial charge in [0.25, 0.3) is 5.91 Å². The number of benzene rings is 2. The quantitative estimate of drug-likeness (QED) is 0.812. The molecule has 0 aromatic heterocycles. The van der Waals surface area contributed by atoms with Crippen LogP contribution in [0.1, 0.15) is 19.8 Å². The topological polar surface area (TPSA) is 58.6 Å². The van der Waals surface area contributed by atoms with Crippen LogP contribution in [0.5, 0.6) is 5.75 Å². The number of amides is 2. The second kappa shape index (κ2) is 7.98. The SMILES string of the molecule is CC(Oc1ccc(Cl)c(Cl)c1)C(=O)Nc1cccc(N2CCCC2=O)c1. The van der Waals surface area contributed by atoms with E-state index in [4.69, 9.17) is 27.9 Å². The van der Waals surface area contributed by atoms with E-state index in [2.05, 4.69) is 5.32 Å². The Bertz CT molecular complexity index is 841. The van der Waals surface area contributed by atoms with Crippen molar-refractivity contribution in [3.05, 3.63) is 52.5 Å². The maximum atomic E-state index is 12.4. The first kappa shape index (κ1) is 18.5. The Morgan fingerprint density at radius 1 is 1.19 bits per heavy atom. The van der Waals surface area contributed by atoms with Crippen LogP contribution in [0.3, 0.4) is 0 Å². The number of anilines is 2. The van der Waals surface area contributed by atoms with E-state index in [0.29, 0.717) is 34.4 Å². The summed E-state index contributed by atoms with van der Waals surface area (Å²) in [5, 5.41) is 3.59. The number of rotatable bonds is 5. The van der Waals surface area contributed by atoms with Gasteiger partial charge in [-0.25, -0.2) is 0 Å². The highest BCUT2D eigenvalue weighted by Crippen LogP contribution is 2.27. The molecule has 136 valence electrons. The lowest BCUT2D eigenvalue weighted by Gasteiger charge is -2.18. The van der Waals surface area contributed by atoms with Gasteiger partial charge in [-0.3, -0.25) is 9.59 Å². The number of nitrogens with zero attached hydrogens (tertiary/aromatic N) is 1. The molecular weight excluding hydrogens is 375 g/mol. The van der Waals surface area contributed by atoms with Crippen molar-refractivity contribution in [2.45, 2.75) is 25.9 Å². The third kappa shape index (κ3) is 4.29. The molecule has 0 saturated carbocycles. The van der Waals surface area contributed by atoms with Gasteiger partial charge in [0.15, 0.2) is 6.10 Å². The Balaban J connectivity index is 1.65. The first-order valence-corrected chi connectivity index (χ1v) is 9.02. The van der Waals surface area contributed by atoms with Gasteiger partial charge < -0.3 is 15.0 Å². The smallest absolute Gasteiger partial charge is 0.265 e. The van der Waals surface area contributed by atoms with E-state index >= 15 is 0 Å². The Kier molecular flexibility index (Phi) is 5.69. The third-order valence-corrected chi connectivity index (χ3v) is 4.81. The molecule has 1 unspecified atom stereocenters. The summed E-state index contributed by atoms with van der Waals surface area (Å²) in [6.07, 6.45) is 0.680. The highest BCUT2D eigenvalue weighted by Gasteiger charge is 2.22. The summed E-state index contributed by atoms with van der Waals surface area (Å²) in [6.45, 7) is 2.35. The van der Waals surface area contributed by atoms with Crippen LogP contribution in [0.2, 0.25) is 10.0 Å². The Hall–Kier alpha value is -2.24. The molecule has 1 saturated heterocycles. The fourth-order valence-corrected chi connectivity index (χ4v) is 3.01. The van der Waals surface area contributed by atoms with Gasteiger partial charge in [0.1, 0.15) is 5.75 Å². The zero-order chi connectivity index (χ0) is 18.7. The van der Waals surface area contributed by atoms with E-state index in [1.165, 1.54) is 0 Å². The maximum Gasteiger partial charge on any atom is 0.265 e. The molecule has 1 N–H and O–H groups in total. The average molecular weight is 393 g/mol. The van der Waals surface area contributed by atoms with E-state index < -0.39 is 6.10 Å². The molecule has 26 heavy (non-hydrogen) atoms. The second-order valence-corrected chi connectivity index (χ2v) is 6.84. The average Bonchev–Trinajstić information content (AvgIpc) is 3.04. The summed E-state index contributed by atoms with van der Waals surface area (Å²) in [5.41, 5.74) is 1.39. The Morgan fingerprint density at radius 3 is 2.69 bits per heavy atom. The van der Waals surface area contributed by atoms with Gasteiger partial charge in [0.2, 0.25) is 5.91 Å². The minimum absolute atomic E-state index is 0.102. The van der Waals surface area contributed by atoms with Crippen LogP contribution in [0, 0.1) is 0 Å². The van der Waals surface area contributed by atoms with Crippen molar-refractivity contribution >= 4 is 46.4 Å². The first-order chi connectivity index (χ1) is 12.4. The fraction of sp³-hybridized carbons (Fsp3) is 0.263. The summed E-state index contributed by atoms with van der Waals surface area (Å²) in [5.74, 6) is 0.254. The van der Waals surface area contributed by atoms with Gasteiger partial charge in [0.05, 0.1) is 10.0 Å². The lowest BCUT2D eigenvalue weighted by molar-refractivity contribution is -0.122. The summed E-state index contributed by atoms with van der Waals surface area (Å²) >= 11 is 11.8. The van der Waals surface area contributed by atoms with Gasteiger partial charge in [-0.2, -0.15) is 0 Å². The number of carbonyl (C=O) groups is 2. The molecule has 3 rings (SSSR count). The highest BCUT2D eigenvalue weighted by atomic mass is 35.5. The van der Waals surface area contributed by atoms with Crippen LogP contribution in [0.15, 0.2) is 42.5 Å². The van der Waals surface area contributed by atoms with Crippen LogP contribution >= 0.6 is 23.2 Å².